The molecule has 156 valence electrons. The zero-order valence-electron chi connectivity index (χ0n) is 17.3. The Morgan fingerprint density at radius 1 is 1.00 bits per heavy atom. The number of piperidine rings is 1. The van der Waals surface area contributed by atoms with Crippen LogP contribution in [0.5, 0.6) is 0 Å². The third kappa shape index (κ3) is 3.18. The van der Waals surface area contributed by atoms with Crippen molar-refractivity contribution in [3.63, 3.8) is 0 Å². The second-order valence-electron chi connectivity index (χ2n) is 8.27. The van der Waals surface area contributed by atoms with Crippen LogP contribution in [0.2, 0.25) is 0 Å². The standard InChI is InChI=1S/C23H27N5O2/c1-25-20-16-17(8-9-18(20)28-11-5-3-6-19(28)23(25)30)22(29)27-14-12-26(13-15-27)21-7-2-4-10-24-21/h2,4,7-10,16,19H,3,5-6,11-15H2,1H3/t19-/m1/s1. The fourth-order valence-corrected chi connectivity index (χ4v) is 4.85. The highest BCUT2D eigenvalue weighted by molar-refractivity contribution is 6.07. The topological polar surface area (TPSA) is 60.0 Å². The molecule has 1 atom stereocenters. The first-order chi connectivity index (χ1) is 14.6. The highest BCUT2D eigenvalue weighted by atomic mass is 16.2. The second kappa shape index (κ2) is 7.63. The quantitative estimate of drug-likeness (QED) is 0.768. The number of pyridine rings is 1. The van der Waals surface area contributed by atoms with Gasteiger partial charge in [0.2, 0.25) is 5.91 Å². The molecule has 4 heterocycles. The van der Waals surface area contributed by atoms with E-state index in [0.29, 0.717) is 18.7 Å². The number of carbonyl (C=O) groups is 2. The number of aromatic nitrogens is 1. The van der Waals surface area contributed by atoms with E-state index in [1.165, 1.54) is 0 Å². The van der Waals surface area contributed by atoms with Crippen LogP contribution >= 0.6 is 0 Å². The summed E-state index contributed by atoms with van der Waals surface area (Å²) in [5, 5.41) is 0. The second-order valence-corrected chi connectivity index (χ2v) is 8.27. The van der Waals surface area contributed by atoms with Crippen molar-refractivity contribution in [1.82, 2.24) is 9.88 Å². The lowest BCUT2D eigenvalue weighted by molar-refractivity contribution is -0.120. The molecule has 5 rings (SSSR count). The lowest BCUT2D eigenvalue weighted by Crippen LogP contribution is -2.54. The van der Waals surface area contributed by atoms with Crippen molar-refractivity contribution in [3.8, 4) is 0 Å². The van der Waals surface area contributed by atoms with Gasteiger partial charge in [0.05, 0.1) is 11.4 Å². The molecule has 1 aromatic heterocycles. The van der Waals surface area contributed by atoms with Gasteiger partial charge in [0, 0.05) is 51.5 Å². The molecular formula is C23H27N5O2. The minimum Gasteiger partial charge on any atom is -0.358 e. The minimum atomic E-state index is -0.0579. The molecule has 0 bridgehead atoms. The van der Waals surface area contributed by atoms with Gasteiger partial charge in [-0.25, -0.2) is 4.98 Å². The van der Waals surface area contributed by atoms with Crippen LogP contribution in [0.3, 0.4) is 0 Å². The van der Waals surface area contributed by atoms with E-state index in [9.17, 15) is 9.59 Å². The average molecular weight is 406 g/mol. The molecule has 0 N–H and O–H groups in total. The molecule has 0 spiro atoms. The Kier molecular flexibility index (Phi) is 4.81. The van der Waals surface area contributed by atoms with Crippen LogP contribution in [0.25, 0.3) is 0 Å². The van der Waals surface area contributed by atoms with Gasteiger partial charge in [-0.2, -0.15) is 0 Å². The Morgan fingerprint density at radius 2 is 1.83 bits per heavy atom. The van der Waals surface area contributed by atoms with Crippen molar-refractivity contribution < 1.29 is 9.59 Å². The molecule has 3 aliphatic rings. The van der Waals surface area contributed by atoms with Crippen molar-refractivity contribution in [2.45, 2.75) is 25.3 Å². The molecule has 2 saturated heterocycles. The van der Waals surface area contributed by atoms with Crippen molar-refractivity contribution in [3.05, 3.63) is 48.2 Å². The Morgan fingerprint density at radius 3 is 2.60 bits per heavy atom. The number of fused-ring (bicyclic) bond motifs is 3. The minimum absolute atomic E-state index is 0.0279. The number of carbonyl (C=O) groups excluding carboxylic acids is 2. The van der Waals surface area contributed by atoms with E-state index >= 15 is 0 Å². The first-order valence-electron chi connectivity index (χ1n) is 10.8. The van der Waals surface area contributed by atoms with Gasteiger partial charge < -0.3 is 19.6 Å². The number of amides is 2. The molecule has 2 amide bonds. The summed E-state index contributed by atoms with van der Waals surface area (Å²) in [6.45, 7) is 3.76. The van der Waals surface area contributed by atoms with Gasteiger partial charge in [-0.3, -0.25) is 9.59 Å². The Balaban J connectivity index is 1.33. The number of nitrogens with zero attached hydrogens (tertiary/aromatic N) is 5. The van der Waals surface area contributed by atoms with E-state index < -0.39 is 0 Å². The van der Waals surface area contributed by atoms with Crippen LogP contribution in [0.4, 0.5) is 17.2 Å². The SMILES string of the molecule is CN1C(=O)[C@H]2CCCCN2c2ccc(C(=O)N3CCN(c4ccccn4)CC3)cc21. The van der Waals surface area contributed by atoms with Crippen LogP contribution in [0.15, 0.2) is 42.6 Å². The predicted molar refractivity (Wildman–Crippen MR) is 117 cm³/mol. The van der Waals surface area contributed by atoms with Gasteiger partial charge >= 0.3 is 0 Å². The van der Waals surface area contributed by atoms with E-state index in [1.54, 1.807) is 11.1 Å². The smallest absolute Gasteiger partial charge is 0.254 e. The first kappa shape index (κ1) is 18.9. The summed E-state index contributed by atoms with van der Waals surface area (Å²) in [5.41, 5.74) is 2.56. The van der Waals surface area contributed by atoms with Crippen molar-refractivity contribution >= 4 is 29.0 Å². The van der Waals surface area contributed by atoms with Gasteiger partial charge in [-0.1, -0.05) is 6.07 Å². The number of hydrogen-bond acceptors (Lipinski definition) is 5. The van der Waals surface area contributed by atoms with Gasteiger partial charge in [0.25, 0.3) is 5.91 Å². The van der Waals surface area contributed by atoms with E-state index in [4.69, 9.17) is 0 Å². The third-order valence-electron chi connectivity index (χ3n) is 6.55. The summed E-state index contributed by atoms with van der Waals surface area (Å²) in [4.78, 5) is 38.5. The predicted octanol–water partition coefficient (Wildman–Crippen LogP) is 2.38. The summed E-state index contributed by atoms with van der Waals surface area (Å²) in [5.74, 6) is 1.12. The summed E-state index contributed by atoms with van der Waals surface area (Å²) in [6.07, 6.45) is 4.90. The number of hydrogen-bond donors (Lipinski definition) is 0. The van der Waals surface area contributed by atoms with Crippen molar-refractivity contribution in [2.75, 3.05) is 54.5 Å². The van der Waals surface area contributed by atoms with Crippen LogP contribution in [-0.2, 0) is 4.79 Å². The van der Waals surface area contributed by atoms with E-state index in [1.807, 2.05) is 48.3 Å². The summed E-state index contributed by atoms with van der Waals surface area (Å²) in [6, 6.07) is 11.7. The number of likely N-dealkylation sites (N-methyl/N-ethyl adjacent to an activating group) is 1. The summed E-state index contributed by atoms with van der Waals surface area (Å²) < 4.78 is 0. The number of rotatable bonds is 2. The molecule has 30 heavy (non-hydrogen) atoms. The van der Waals surface area contributed by atoms with Crippen LogP contribution in [0, 0.1) is 0 Å². The molecular weight excluding hydrogens is 378 g/mol. The zero-order chi connectivity index (χ0) is 20.7. The Bertz CT molecular complexity index is 955. The van der Waals surface area contributed by atoms with Gasteiger partial charge in [0.15, 0.2) is 0 Å². The number of piperazine rings is 1. The molecule has 0 radical (unpaired) electrons. The normalized spacial score (nSPS) is 21.4. The number of benzene rings is 1. The first-order valence-corrected chi connectivity index (χ1v) is 10.8. The zero-order valence-corrected chi connectivity index (χ0v) is 17.3. The van der Waals surface area contributed by atoms with Crippen molar-refractivity contribution in [2.24, 2.45) is 0 Å². The molecule has 0 aliphatic carbocycles. The molecule has 7 heteroatoms. The van der Waals surface area contributed by atoms with Crippen LogP contribution in [0.1, 0.15) is 29.6 Å². The lowest BCUT2D eigenvalue weighted by atomic mass is 9.95. The summed E-state index contributed by atoms with van der Waals surface area (Å²) in [7, 11) is 1.83. The van der Waals surface area contributed by atoms with E-state index in [-0.39, 0.29) is 17.9 Å². The molecule has 2 aromatic rings. The maximum atomic E-state index is 13.2. The molecule has 1 aromatic carbocycles. The Hall–Kier alpha value is -3.09. The lowest BCUT2D eigenvalue weighted by Gasteiger charge is -2.44. The molecule has 7 nitrogen and oxygen atoms in total. The van der Waals surface area contributed by atoms with Gasteiger partial charge in [0.1, 0.15) is 11.9 Å². The maximum Gasteiger partial charge on any atom is 0.254 e. The largest absolute Gasteiger partial charge is 0.358 e. The fraction of sp³-hybridized carbons (Fsp3) is 0.435. The average Bonchev–Trinajstić information content (AvgIpc) is 2.82. The van der Waals surface area contributed by atoms with Gasteiger partial charge in [-0.15, -0.1) is 0 Å². The van der Waals surface area contributed by atoms with Gasteiger partial charge in [-0.05, 0) is 49.6 Å². The van der Waals surface area contributed by atoms with E-state index in [2.05, 4.69) is 14.8 Å². The molecule has 0 saturated carbocycles. The molecule has 2 fully saturated rings. The van der Waals surface area contributed by atoms with Crippen LogP contribution < -0.4 is 14.7 Å². The number of anilines is 3. The molecule has 3 aliphatic heterocycles. The third-order valence-corrected chi connectivity index (χ3v) is 6.55. The van der Waals surface area contributed by atoms with Crippen LogP contribution in [-0.4, -0.2) is 67.5 Å². The maximum absolute atomic E-state index is 13.2. The van der Waals surface area contributed by atoms with Crippen molar-refractivity contribution in [1.29, 1.82) is 0 Å². The van der Waals surface area contributed by atoms with E-state index in [0.717, 1.165) is 56.1 Å². The molecule has 0 unspecified atom stereocenters. The monoisotopic (exact) mass is 405 g/mol. The Labute approximate surface area is 176 Å². The highest BCUT2D eigenvalue weighted by Gasteiger charge is 2.38. The highest BCUT2D eigenvalue weighted by Crippen LogP contribution is 2.39. The fourth-order valence-electron chi connectivity index (χ4n) is 4.85. The summed E-state index contributed by atoms with van der Waals surface area (Å²) >= 11 is 0.